The lowest BCUT2D eigenvalue weighted by Crippen LogP contribution is -2.19. The Kier molecular flexibility index (Phi) is 4.63. The summed E-state index contributed by atoms with van der Waals surface area (Å²) in [4.78, 5) is 0. The van der Waals surface area contributed by atoms with Crippen molar-refractivity contribution in [1.82, 2.24) is 5.32 Å². The van der Waals surface area contributed by atoms with E-state index < -0.39 is 0 Å². The Morgan fingerprint density at radius 2 is 1.95 bits per heavy atom. The van der Waals surface area contributed by atoms with Gasteiger partial charge in [0.15, 0.2) is 0 Å². The highest BCUT2D eigenvalue weighted by Crippen LogP contribution is 2.31. The Labute approximate surface area is 123 Å². The molecule has 0 heterocycles. The van der Waals surface area contributed by atoms with E-state index in [0.29, 0.717) is 16.3 Å². The van der Waals surface area contributed by atoms with Gasteiger partial charge in [-0.05, 0) is 43.3 Å². The van der Waals surface area contributed by atoms with E-state index in [4.69, 9.17) is 16.3 Å². The molecule has 1 unspecified atom stereocenters. The summed E-state index contributed by atoms with van der Waals surface area (Å²) >= 11 is 6.14. The van der Waals surface area contributed by atoms with Gasteiger partial charge in [0.2, 0.25) is 0 Å². The van der Waals surface area contributed by atoms with Crippen molar-refractivity contribution in [3.8, 4) is 5.75 Å². The fourth-order valence-electron chi connectivity index (χ4n) is 2.23. The quantitative estimate of drug-likeness (QED) is 0.916. The summed E-state index contributed by atoms with van der Waals surface area (Å²) < 4.78 is 19.3. The molecule has 0 aromatic heterocycles. The number of hydrogen-bond acceptors (Lipinski definition) is 2. The van der Waals surface area contributed by atoms with Gasteiger partial charge < -0.3 is 10.1 Å². The Morgan fingerprint density at radius 1 is 1.20 bits per heavy atom. The van der Waals surface area contributed by atoms with Crippen LogP contribution in [0, 0.1) is 12.7 Å². The Hall–Kier alpha value is -1.58. The molecule has 0 fully saturated rings. The summed E-state index contributed by atoms with van der Waals surface area (Å²) in [5, 5.41) is 3.63. The minimum absolute atomic E-state index is 0.226. The van der Waals surface area contributed by atoms with Gasteiger partial charge in [0.1, 0.15) is 11.6 Å². The highest BCUT2D eigenvalue weighted by Gasteiger charge is 2.17. The second-order valence-corrected chi connectivity index (χ2v) is 5.05. The lowest BCUT2D eigenvalue weighted by atomic mass is 9.97. The van der Waals surface area contributed by atoms with Gasteiger partial charge in [0, 0.05) is 5.56 Å². The van der Waals surface area contributed by atoms with Crippen LogP contribution in [0.3, 0.4) is 0 Å². The maximum Gasteiger partial charge on any atom is 0.137 e. The van der Waals surface area contributed by atoms with E-state index in [1.54, 1.807) is 32.4 Å². The molecule has 0 saturated heterocycles. The zero-order valence-electron chi connectivity index (χ0n) is 11.7. The molecule has 1 atom stereocenters. The molecule has 0 aliphatic heterocycles. The molecular formula is C16H17ClFNO. The molecule has 2 aromatic rings. The Morgan fingerprint density at radius 3 is 2.50 bits per heavy atom. The molecule has 0 bridgehead atoms. The monoisotopic (exact) mass is 293 g/mol. The zero-order chi connectivity index (χ0) is 14.7. The first-order chi connectivity index (χ1) is 9.56. The van der Waals surface area contributed by atoms with E-state index in [0.717, 1.165) is 11.1 Å². The van der Waals surface area contributed by atoms with E-state index in [9.17, 15) is 4.39 Å². The minimum atomic E-state index is -0.251. The molecule has 0 aliphatic carbocycles. The van der Waals surface area contributed by atoms with Crippen molar-refractivity contribution in [2.45, 2.75) is 13.0 Å². The standard InChI is InChI=1S/C16H17ClFNO/c1-10-4-6-12(14(18)8-10)16(19-2)11-5-7-15(20-3)13(17)9-11/h4-9,16,19H,1-3H3. The normalized spacial score (nSPS) is 12.2. The fourth-order valence-corrected chi connectivity index (χ4v) is 2.50. The molecule has 0 spiro atoms. The van der Waals surface area contributed by atoms with Crippen LogP contribution in [0.1, 0.15) is 22.7 Å². The van der Waals surface area contributed by atoms with E-state index >= 15 is 0 Å². The molecule has 0 radical (unpaired) electrons. The van der Waals surface area contributed by atoms with Gasteiger partial charge >= 0.3 is 0 Å². The molecular weight excluding hydrogens is 277 g/mol. The Bertz CT molecular complexity index is 615. The number of ether oxygens (including phenoxy) is 1. The van der Waals surface area contributed by atoms with Crippen LogP contribution in [0.5, 0.6) is 5.75 Å². The Balaban J connectivity index is 2.44. The van der Waals surface area contributed by atoms with Crippen LogP contribution in [0.25, 0.3) is 0 Å². The summed E-state index contributed by atoms with van der Waals surface area (Å²) in [7, 11) is 3.36. The van der Waals surface area contributed by atoms with Gasteiger partial charge in [-0.3, -0.25) is 0 Å². The van der Waals surface area contributed by atoms with E-state index in [2.05, 4.69) is 5.32 Å². The number of rotatable bonds is 4. The van der Waals surface area contributed by atoms with E-state index in [1.807, 2.05) is 19.1 Å². The van der Waals surface area contributed by atoms with Crippen LogP contribution in [-0.2, 0) is 0 Å². The maximum absolute atomic E-state index is 14.1. The van der Waals surface area contributed by atoms with Gasteiger partial charge in [0.25, 0.3) is 0 Å². The number of methoxy groups -OCH3 is 1. The second kappa shape index (κ2) is 6.25. The third-order valence-electron chi connectivity index (χ3n) is 3.26. The number of hydrogen-bond donors (Lipinski definition) is 1. The SMILES string of the molecule is CNC(c1ccc(OC)c(Cl)c1)c1ccc(C)cc1F. The van der Waals surface area contributed by atoms with Crippen molar-refractivity contribution in [2.24, 2.45) is 0 Å². The first kappa shape index (κ1) is 14.8. The topological polar surface area (TPSA) is 21.3 Å². The number of aryl methyl sites for hydroxylation is 1. The van der Waals surface area contributed by atoms with Crippen molar-refractivity contribution in [3.05, 3.63) is 63.9 Å². The van der Waals surface area contributed by atoms with Gasteiger partial charge in [-0.1, -0.05) is 29.8 Å². The smallest absolute Gasteiger partial charge is 0.137 e. The minimum Gasteiger partial charge on any atom is -0.495 e. The molecule has 0 aliphatic rings. The van der Waals surface area contributed by atoms with Gasteiger partial charge in [-0.2, -0.15) is 0 Å². The first-order valence-corrected chi connectivity index (χ1v) is 6.71. The van der Waals surface area contributed by atoms with Crippen LogP contribution in [0.4, 0.5) is 4.39 Å². The molecule has 2 nitrogen and oxygen atoms in total. The number of nitrogens with one attached hydrogen (secondary N) is 1. The maximum atomic E-state index is 14.1. The molecule has 0 amide bonds. The predicted molar refractivity (Wildman–Crippen MR) is 80.0 cm³/mol. The highest BCUT2D eigenvalue weighted by atomic mass is 35.5. The van der Waals surface area contributed by atoms with E-state index in [-0.39, 0.29) is 11.9 Å². The largest absolute Gasteiger partial charge is 0.495 e. The number of halogens is 2. The molecule has 2 aromatic carbocycles. The van der Waals surface area contributed by atoms with Crippen LogP contribution >= 0.6 is 11.6 Å². The van der Waals surface area contributed by atoms with Crippen molar-refractivity contribution in [1.29, 1.82) is 0 Å². The molecule has 2 rings (SSSR count). The summed E-state index contributed by atoms with van der Waals surface area (Å²) in [5.74, 6) is 0.380. The number of benzene rings is 2. The van der Waals surface area contributed by atoms with Crippen molar-refractivity contribution in [2.75, 3.05) is 14.2 Å². The fraction of sp³-hybridized carbons (Fsp3) is 0.250. The summed E-state index contributed by atoms with van der Waals surface area (Å²) in [6.45, 7) is 1.87. The van der Waals surface area contributed by atoms with Crippen LogP contribution in [-0.4, -0.2) is 14.2 Å². The van der Waals surface area contributed by atoms with Crippen molar-refractivity contribution in [3.63, 3.8) is 0 Å². The van der Waals surface area contributed by atoms with Crippen molar-refractivity contribution >= 4 is 11.6 Å². The summed E-state index contributed by atoms with van der Waals surface area (Å²) in [6.07, 6.45) is 0. The molecule has 4 heteroatoms. The molecule has 20 heavy (non-hydrogen) atoms. The average molecular weight is 294 g/mol. The first-order valence-electron chi connectivity index (χ1n) is 6.33. The third kappa shape index (κ3) is 2.94. The van der Waals surface area contributed by atoms with Gasteiger partial charge in [-0.25, -0.2) is 4.39 Å². The summed E-state index contributed by atoms with van der Waals surface area (Å²) in [6, 6.07) is 10.4. The average Bonchev–Trinajstić information content (AvgIpc) is 2.42. The highest BCUT2D eigenvalue weighted by molar-refractivity contribution is 6.32. The predicted octanol–water partition coefficient (Wildman–Crippen LogP) is 4.10. The van der Waals surface area contributed by atoms with Gasteiger partial charge in [-0.15, -0.1) is 0 Å². The van der Waals surface area contributed by atoms with Crippen LogP contribution in [0.15, 0.2) is 36.4 Å². The second-order valence-electron chi connectivity index (χ2n) is 4.64. The van der Waals surface area contributed by atoms with Crippen molar-refractivity contribution < 1.29 is 9.13 Å². The zero-order valence-corrected chi connectivity index (χ0v) is 12.5. The van der Waals surface area contributed by atoms with E-state index in [1.165, 1.54) is 6.07 Å². The van der Waals surface area contributed by atoms with Gasteiger partial charge in [0.05, 0.1) is 18.2 Å². The van der Waals surface area contributed by atoms with Crippen LogP contribution < -0.4 is 10.1 Å². The lowest BCUT2D eigenvalue weighted by Gasteiger charge is -2.19. The molecule has 106 valence electrons. The lowest BCUT2D eigenvalue weighted by molar-refractivity contribution is 0.414. The van der Waals surface area contributed by atoms with Crippen LogP contribution in [0.2, 0.25) is 5.02 Å². The molecule has 0 saturated carbocycles. The third-order valence-corrected chi connectivity index (χ3v) is 3.56. The summed E-state index contributed by atoms with van der Waals surface area (Å²) in [5.41, 5.74) is 2.38. The molecule has 1 N–H and O–H groups in total.